The van der Waals surface area contributed by atoms with Crippen LogP contribution in [-0.2, 0) is 21.2 Å². The molecule has 1 atom stereocenters. The Morgan fingerprint density at radius 3 is 2.37 bits per heavy atom. The molecule has 30 heavy (non-hydrogen) atoms. The fraction of sp³-hybridized carbons (Fsp3) is 0.381. The zero-order chi connectivity index (χ0) is 21.7. The number of amides is 1. The number of halogens is 2. The number of carbonyl (C=O) groups is 1. The van der Waals surface area contributed by atoms with E-state index in [9.17, 15) is 13.2 Å². The highest BCUT2D eigenvalue weighted by molar-refractivity contribution is 7.89. The van der Waals surface area contributed by atoms with Crippen LogP contribution < -0.4 is 4.72 Å². The number of nitrogens with zero attached hydrogens (tertiary/aromatic N) is 2. The first-order chi connectivity index (χ1) is 14.3. The molecule has 0 aromatic heterocycles. The Labute approximate surface area is 187 Å². The van der Waals surface area contributed by atoms with Crippen LogP contribution in [0.3, 0.4) is 0 Å². The van der Waals surface area contributed by atoms with Gasteiger partial charge in [-0.2, -0.15) is 4.72 Å². The highest BCUT2D eigenvalue weighted by atomic mass is 35.5. The van der Waals surface area contributed by atoms with Gasteiger partial charge in [0.15, 0.2) is 0 Å². The second kappa shape index (κ2) is 10.1. The second-order valence-corrected chi connectivity index (χ2v) is 9.72. The summed E-state index contributed by atoms with van der Waals surface area (Å²) in [5.74, 6) is -0.240. The van der Waals surface area contributed by atoms with Crippen LogP contribution in [0.4, 0.5) is 0 Å². The van der Waals surface area contributed by atoms with Gasteiger partial charge in [-0.1, -0.05) is 60.5 Å². The summed E-state index contributed by atoms with van der Waals surface area (Å²) in [6.45, 7) is 5.68. The van der Waals surface area contributed by atoms with Gasteiger partial charge in [-0.15, -0.1) is 0 Å². The van der Waals surface area contributed by atoms with Gasteiger partial charge in [0.1, 0.15) is 10.9 Å². The summed E-state index contributed by atoms with van der Waals surface area (Å²) in [5.41, 5.74) is 0.864. The van der Waals surface area contributed by atoms with E-state index in [0.717, 1.165) is 25.2 Å². The van der Waals surface area contributed by atoms with Crippen molar-refractivity contribution < 1.29 is 13.2 Å². The van der Waals surface area contributed by atoms with E-state index in [-0.39, 0.29) is 27.3 Å². The molecule has 1 unspecified atom stereocenters. The first-order valence-electron chi connectivity index (χ1n) is 9.82. The van der Waals surface area contributed by atoms with E-state index in [1.165, 1.54) is 18.2 Å². The smallest absolute Gasteiger partial charge is 0.242 e. The van der Waals surface area contributed by atoms with E-state index in [4.69, 9.17) is 23.2 Å². The number of sulfonamides is 1. The van der Waals surface area contributed by atoms with Crippen molar-refractivity contribution in [2.75, 3.05) is 32.7 Å². The maximum absolute atomic E-state index is 13.3. The van der Waals surface area contributed by atoms with Crippen LogP contribution in [0.5, 0.6) is 0 Å². The molecular formula is C21H25Cl2N3O3S. The topological polar surface area (TPSA) is 69.7 Å². The predicted molar refractivity (Wildman–Crippen MR) is 119 cm³/mol. The molecule has 1 saturated heterocycles. The molecule has 1 N–H and O–H groups in total. The maximum atomic E-state index is 13.3. The predicted octanol–water partition coefficient (Wildman–Crippen LogP) is 3.05. The summed E-state index contributed by atoms with van der Waals surface area (Å²) < 4.78 is 28.7. The molecule has 0 saturated carbocycles. The number of carbonyl (C=O) groups excluding carboxylic acids is 1. The fourth-order valence-corrected chi connectivity index (χ4v) is 5.42. The van der Waals surface area contributed by atoms with E-state index < -0.39 is 16.1 Å². The number of nitrogens with one attached hydrogen (secondary N) is 1. The zero-order valence-corrected chi connectivity index (χ0v) is 19.1. The summed E-state index contributed by atoms with van der Waals surface area (Å²) in [6.07, 6.45) is 0.241. The van der Waals surface area contributed by atoms with Crippen LogP contribution in [0.2, 0.25) is 10.0 Å². The molecular weight excluding hydrogens is 445 g/mol. The van der Waals surface area contributed by atoms with Crippen LogP contribution in [0.15, 0.2) is 53.4 Å². The largest absolute Gasteiger partial charge is 0.339 e. The van der Waals surface area contributed by atoms with Crippen LogP contribution in [0.25, 0.3) is 0 Å². The lowest BCUT2D eigenvalue weighted by atomic mass is 10.1. The lowest BCUT2D eigenvalue weighted by Gasteiger charge is -2.36. The van der Waals surface area contributed by atoms with Gasteiger partial charge < -0.3 is 9.80 Å². The maximum Gasteiger partial charge on any atom is 0.242 e. The number of piperazine rings is 1. The molecule has 0 aliphatic carbocycles. The normalized spacial score (nSPS) is 16.4. The molecule has 1 heterocycles. The third-order valence-corrected chi connectivity index (χ3v) is 7.38. The molecule has 162 valence electrons. The Balaban J connectivity index is 1.85. The third-order valence-electron chi connectivity index (χ3n) is 5.19. The van der Waals surface area contributed by atoms with Gasteiger partial charge in [0.2, 0.25) is 15.9 Å². The quantitative estimate of drug-likeness (QED) is 0.676. The van der Waals surface area contributed by atoms with Crippen LogP contribution in [-0.4, -0.2) is 62.9 Å². The minimum atomic E-state index is -4.06. The van der Waals surface area contributed by atoms with Gasteiger partial charge in [0.05, 0.1) is 5.02 Å². The van der Waals surface area contributed by atoms with Crippen molar-refractivity contribution in [3.05, 3.63) is 64.1 Å². The van der Waals surface area contributed by atoms with Crippen molar-refractivity contribution in [2.45, 2.75) is 24.3 Å². The number of hydrogen-bond acceptors (Lipinski definition) is 4. The Morgan fingerprint density at radius 2 is 1.73 bits per heavy atom. The van der Waals surface area contributed by atoms with Crippen molar-refractivity contribution in [3.8, 4) is 0 Å². The molecule has 2 aromatic rings. The third kappa shape index (κ3) is 5.74. The molecule has 0 spiro atoms. The second-order valence-electron chi connectivity index (χ2n) is 7.20. The highest BCUT2D eigenvalue weighted by Gasteiger charge is 2.32. The number of hydrogen-bond donors (Lipinski definition) is 1. The van der Waals surface area contributed by atoms with Crippen molar-refractivity contribution in [2.24, 2.45) is 0 Å². The Morgan fingerprint density at radius 1 is 1.07 bits per heavy atom. The van der Waals surface area contributed by atoms with E-state index in [2.05, 4.69) is 16.5 Å². The van der Waals surface area contributed by atoms with Gasteiger partial charge in [-0.25, -0.2) is 8.42 Å². The van der Waals surface area contributed by atoms with Gasteiger partial charge >= 0.3 is 0 Å². The molecule has 2 aromatic carbocycles. The molecule has 3 rings (SSSR count). The summed E-state index contributed by atoms with van der Waals surface area (Å²) in [6, 6.07) is 12.6. The molecule has 0 bridgehead atoms. The summed E-state index contributed by atoms with van der Waals surface area (Å²) >= 11 is 12.1. The van der Waals surface area contributed by atoms with Crippen LogP contribution >= 0.6 is 23.2 Å². The standard InChI is InChI=1S/C21H25Cl2N3O3S/c1-2-25-10-12-26(13-11-25)21(27)19(14-16-6-4-3-5-7-16)24-30(28,29)20-15-17(22)8-9-18(20)23/h3-9,15,19,24H,2,10-14H2,1H3. The molecule has 9 heteroatoms. The Bertz CT molecular complexity index is 978. The Hall–Kier alpha value is -1.64. The molecule has 1 fully saturated rings. The van der Waals surface area contributed by atoms with E-state index in [1.807, 2.05) is 30.3 Å². The molecule has 1 aliphatic heterocycles. The van der Waals surface area contributed by atoms with Gasteiger partial charge in [-0.3, -0.25) is 4.79 Å². The highest BCUT2D eigenvalue weighted by Crippen LogP contribution is 2.25. The Kier molecular flexibility index (Phi) is 7.76. The molecule has 0 radical (unpaired) electrons. The van der Waals surface area contributed by atoms with E-state index >= 15 is 0 Å². The first kappa shape index (κ1) is 23.0. The fourth-order valence-electron chi connectivity index (χ4n) is 3.47. The monoisotopic (exact) mass is 469 g/mol. The summed E-state index contributed by atoms with van der Waals surface area (Å²) in [5, 5.41) is 0.302. The molecule has 6 nitrogen and oxygen atoms in total. The number of benzene rings is 2. The number of likely N-dealkylation sites (N-methyl/N-ethyl adjacent to an activating group) is 1. The summed E-state index contributed by atoms with van der Waals surface area (Å²) in [7, 11) is -4.06. The summed E-state index contributed by atoms with van der Waals surface area (Å²) in [4.78, 5) is 17.1. The van der Waals surface area contributed by atoms with Crippen LogP contribution in [0, 0.1) is 0 Å². The van der Waals surface area contributed by atoms with E-state index in [0.29, 0.717) is 13.1 Å². The van der Waals surface area contributed by atoms with Gasteiger partial charge in [0.25, 0.3) is 0 Å². The van der Waals surface area contributed by atoms with Crippen molar-refractivity contribution in [3.63, 3.8) is 0 Å². The van der Waals surface area contributed by atoms with Crippen molar-refractivity contribution in [1.82, 2.24) is 14.5 Å². The minimum Gasteiger partial charge on any atom is -0.339 e. The van der Waals surface area contributed by atoms with Crippen LogP contribution in [0.1, 0.15) is 12.5 Å². The van der Waals surface area contributed by atoms with Crippen molar-refractivity contribution >= 4 is 39.1 Å². The average Bonchev–Trinajstić information content (AvgIpc) is 2.75. The molecule has 1 aliphatic rings. The van der Waals surface area contributed by atoms with Gasteiger partial charge in [-0.05, 0) is 36.7 Å². The van der Waals surface area contributed by atoms with E-state index in [1.54, 1.807) is 4.90 Å². The minimum absolute atomic E-state index is 0.0503. The SMILES string of the molecule is CCN1CCN(C(=O)C(Cc2ccccc2)NS(=O)(=O)c2cc(Cl)ccc2Cl)CC1. The van der Waals surface area contributed by atoms with Gasteiger partial charge in [0, 0.05) is 31.2 Å². The molecule has 1 amide bonds. The lowest BCUT2D eigenvalue weighted by Crippen LogP contribution is -2.55. The van der Waals surface area contributed by atoms with Crippen molar-refractivity contribution in [1.29, 1.82) is 0 Å². The first-order valence-corrected chi connectivity index (χ1v) is 12.1. The lowest BCUT2D eigenvalue weighted by molar-refractivity contribution is -0.134. The average molecular weight is 470 g/mol. The number of rotatable bonds is 7. The zero-order valence-electron chi connectivity index (χ0n) is 16.7.